The van der Waals surface area contributed by atoms with Crippen LogP contribution in [0.15, 0.2) is 30.3 Å². The quantitative estimate of drug-likeness (QED) is 0.900. The Balaban J connectivity index is 1.56. The zero-order valence-corrected chi connectivity index (χ0v) is 12.9. The van der Waals surface area contributed by atoms with E-state index < -0.39 is 0 Å². The molecule has 1 aromatic rings. The van der Waals surface area contributed by atoms with E-state index in [1.807, 2.05) is 30.0 Å². The highest BCUT2D eigenvalue weighted by Crippen LogP contribution is 2.45. The van der Waals surface area contributed by atoms with Gasteiger partial charge in [0, 0.05) is 17.3 Å². The van der Waals surface area contributed by atoms with Crippen molar-refractivity contribution >= 4 is 11.8 Å². The van der Waals surface area contributed by atoms with Crippen LogP contribution in [-0.2, 0) is 5.41 Å². The van der Waals surface area contributed by atoms with Crippen LogP contribution in [0.2, 0.25) is 0 Å². The smallest absolute Gasteiger partial charge is 0.0852 e. The Labute approximate surface area is 125 Å². The highest BCUT2D eigenvalue weighted by Gasteiger charge is 2.47. The normalized spacial score (nSPS) is 30.9. The van der Waals surface area contributed by atoms with E-state index >= 15 is 0 Å². The lowest BCUT2D eigenvalue weighted by Gasteiger charge is -2.47. The zero-order chi connectivity index (χ0) is 14.1. The summed E-state index contributed by atoms with van der Waals surface area (Å²) in [5.74, 6) is 0. The summed E-state index contributed by atoms with van der Waals surface area (Å²) in [7, 11) is 0. The summed E-state index contributed by atoms with van der Waals surface area (Å²) in [5.41, 5.74) is 0.939. The first-order chi connectivity index (χ1) is 9.72. The number of benzene rings is 1. The highest BCUT2D eigenvalue weighted by molar-refractivity contribution is 8.00. The van der Waals surface area contributed by atoms with Crippen LogP contribution >= 0.6 is 11.8 Å². The summed E-state index contributed by atoms with van der Waals surface area (Å²) in [6, 6.07) is 13.3. The van der Waals surface area contributed by atoms with Gasteiger partial charge in [-0.15, -0.1) is 0 Å². The Kier molecular flexibility index (Phi) is 3.79. The molecule has 0 atom stereocenters. The average Bonchev–Trinajstić information content (AvgIpc) is 2.41. The SMILES string of the molecule is CSC1(CNC2CC(C#N)(c3ccccc3)C2)CCC1. The Morgan fingerprint density at radius 3 is 2.50 bits per heavy atom. The molecular weight excluding hydrogens is 264 g/mol. The molecule has 0 aliphatic heterocycles. The van der Waals surface area contributed by atoms with E-state index in [1.165, 1.54) is 24.8 Å². The molecule has 3 rings (SSSR count). The first-order valence-corrected chi connectivity index (χ1v) is 8.70. The van der Waals surface area contributed by atoms with Gasteiger partial charge in [0.15, 0.2) is 0 Å². The van der Waals surface area contributed by atoms with Gasteiger partial charge in [0.05, 0.1) is 11.5 Å². The molecule has 0 aromatic heterocycles. The number of hydrogen-bond donors (Lipinski definition) is 1. The van der Waals surface area contributed by atoms with E-state index in [0.29, 0.717) is 10.8 Å². The van der Waals surface area contributed by atoms with Gasteiger partial charge in [-0.1, -0.05) is 36.8 Å². The molecule has 106 valence electrons. The molecule has 2 saturated carbocycles. The van der Waals surface area contributed by atoms with Crippen LogP contribution in [0.3, 0.4) is 0 Å². The molecule has 0 spiro atoms. The summed E-state index contributed by atoms with van der Waals surface area (Å²) in [6.45, 7) is 1.11. The van der Waals surface area contributed by atoms with Gasteiger partial charge in [0.1, 0.15) is 0 Å². The molecular formula is C17H22N2S. The summed E-state index contributed by atoms with van der Waals surface area (Å²) >= 11 is 2.01. The van der Waals surface area contributed by atoms with Crippen LogP contribution in [0.5, 0.6) is 0 Å². The van der Waals surface area contributed by atoms with Crippen molar-refractivity contribution < 1.29 is 0 Å². The van der Waals surface area contributed by atoms with Gasteiger partial charge in [-0.05, 0) is 37.5 Å². The number of rotatable bonds is 5. The zero-order valence-electron chi connectivity index (χ0n) is 12.1. The fraction of sp³-hybridized carbons (Fsp3) is 0.588. The van der Waals surface area contributed by atoms with Crippen LogP contribution in [0.1, 0.15) is 37.7 Å². The average molecular weight is 286 g/mol. The van der Waals surface area contributed by atoms with Gasteiger partial charge in [0.2, 0.25) is 0 Å². The summed E-state index contributed by atoms with van der Waals surface area (Å²) in [5, 5.41) is 13.3. The van der Waals surface area contributed by atoms with Crippen molar-refractivity contribution in [3.05, 3.63) is 35.9 Å². The maximum Gasteiger partial charge on any atom is 0.0852 e. The topological polar surface area (TPSA) is 35.8 Å². The second kappa shape index (κ2) is 5.42. The lowest BCUT2D eigenvalue weighted by Crippen LogP contribution is -2.55. The molecule has 0 unspecified atom stereocenters. The van der Waals surface area contributed by atoms with Gasteiger partial charge in [-0.2, -0.15) is 17.0 Å². The maximum absolute atomic E-state index is 9.56. The molecule has 20 heavy (non-hydrogen) atoms. The number of nitrogens with one attached hydrogen (secondary N) is 1. The van der Waals surface area contributed by atoms with E-state index in [0.717, 1.165) is 19.4 Å². The maximum atomic E-state index is 9.56. The van der Waals surface area contributed by atoms with Crippen molar-refractivity contribution in [2.75, 3.05) is 12.8 Å². The third kappa shape index (κ3) is 2.36. The minimum absolute atomic E-state index is 0.245. The van der Waals surface area contributed by atoms with E-state index in [2.05, 4.69) is 29.8 Å². The molecule has 0 amide bonds. The molecule has 0 radical (unpaired) electrons. The van der Waals surface area contributed by atoms with E-state index in [4.69, 9.17) is 0 Å². The van der Waals surface area contributed by atoms with Crippen molar-refractivity contribution in [1.82, 2.24) is 5.32 Å². The van der Waals surface area contributed by atoms with Crippen LogP contribution in [-0.4, -0.2) is 23.6 Å². The predicted molar refractivity (Wildman–Crippen MR) is 84.9 cm³/mol. The van der Waals surface area contributed by atoms with Crippen molar-refractivity contribution in [1.29, 1.82) is 5.26 Å². The van der Waals surface area contributed by atoms with Crippen molar-refractivity contribution in [2.24, 2.45) is 0 Å². The number of thioether (sulfide) groups is 1. The van der Waals surface area contributed by atoms with Crippen molar-refractivity contribution in [2.45, 2.75) is 48.3 Å². The predicted octanol–water partition coefficient (Wildman–Crippen LogP) is 3.49. The second-order valence-corrected chi connectivity index (χ2v) is 7.56. The Morgan fingerprint density at radius 1 is 1.30 bits per heavy atom. The fourth-order valence-electron chi connectivity index (χ4n) is 3.43. The highest BCUT2D eigenvalue weighted by atomic mass is 32.2. The third-order valence-electron chi connectivity index (χ3n) is 5.14. The first kappa shape index (κ1) is 14.0. The Hall–Kier alpha value is -0.980. The second-order valence-electron chi connectivity index (χ2n) is 6.29. The van der Waals surface area contributed by atoms with Crippen LogP contribution in [0.4, 0.5) is 0 Å². The van der Waals surface area contributed by atoms with Crippen LogP contribution in [0, 0.1) is 11.3 Å². The molecule has 1 N–H and O–H groups in total. The summed E-state index contributed by atoms with van der Waals surface area (Å²) in [4.78, 5) is 0. The molecule has 2 aliphatic rings. The third-order valence-corrected chi connectivity index (χ3v) is 6.56. The number of nitrogens with zero attached hydrogens (tertiary/aromatic N) is 1. The largest absolute Gasteiger partial charge is 0.312 e. The summed E-state index contributed by atoms with van der Waals surface area (Å²) in [6.07, 6.45) is 8.20. The molecule has 2 nitrogen and oxygen atoms in total. The molecule has 1 aromatic carbocycles. The minimum atomic E-state index is -0.245. The number of nitriles is 1. The molecule has 2 fully saturated rings. The molecule has 0 heterocycles. The van der Waals surface area contributed by atoms with Gasteiger partial charge < -0.3 is 5.32 Å². The van der Waals surface area contributed by atoms with E-state index in [9.17, 15) is 5.26 Å². The van der Waals surface area contributed by atoms with Crippen molar-refractivity contribution in [3.8, 4) is 6.07 Å². The molecule has 3 heteroatoms. The standard InChI is InChI=1S/C17H22N2S/c1-20-17(8-5-9-17)13-19-15-10-16(11-15,12-18)14-6-3-2-4-7-14/h2-4,6-7,15,19H,5,8-11,13H2,1H3. The monoisotopic (exact) mass is 286 g/mol. The van der Waals surface area contributed by atoms with Crippen LogP contribution < -0.4 is 5.32 Å². The van der Waals surface area contributed by atoms with Gasteiger partial charge in [0.25, 0.3) is 0 Å². The van der Waals surface area contributed by atoms with Crippen LogP contribution in [0.25, 0.3) is 0 Å². The van der Waals surface area contributed by atoms with Gasteiger partial charge in [-0.25, -0.2) is 0 Å². The lowest BCUT2D eigenvalue weighted by molar-refractivity contribution is 0.209. The fourth-order valence-corrected chi connectivity index (χ4v) is 4.35. The minimum Gasteiger partial charge on any atom is -0.312 e. The Morgan fingerprint density at radius 2 is 2.00 bits per heavy atom. The number of hydrogen-bond acceptors (Lipinski definition) is 3. The van der Waals surface area contributed by atoms with Crippen molar-refractivity contribution in [3.63, 3.8) is 0 Å². The molecule has 0 bridgehead atoms. The first-order valence-electron chi connectivity index (χ1n) is 7.47. The van der Waals surface area contributed by atoms with E-state index in [-0.39, 0.29) is 5.41 Å². The van der Waals surface area contributed by atoms with Gasteiger partial charge in [-0.3, -0.25) is 0 Å². The van der Waals surface area contributed by atoms with Gasteiger partial charge >= 0.3 is 0 Å². The summed E-state index contributed by atoms with van der Waals surface area (Å²) < 4.78 is 0.484. The molecule has 2 aliphatic carbocycles. The molecule has 0 saturated heterocycles. The van der Waals surface area contributed by atoms with E-state index in [1.54, 1.807) is 0 Å². The lowest BCUT2D eigenvalue weighted by atomic mass is 9.62. The Bertz CT molecular complexity index is 490.